The number of pyridine rings is 1. The topological polar surface area (TPSA) is 185 Å². The summed E-state index contributed by atoms with van der Waals surface area (Å²) in [6, 6.07) is 21.1. The maximum atomic E-state index is 13.4. The summed E-state index contributed by atoms with van der Waals surface area (Å²) in [6.07, 6.45) is 3.71. The Morgan fingerprint density at radius 2 is 1.57 bits per heavy atom. The Morgan fingerprint density at radius 1 is 0.857 bits per heavy atom. The third-order valence-electron chi connectivity index (χ3n) is 6.51. The highest BCUT2D eigenvalue weighted by atomic mass is 16.4. The second-order valence-corrected chi connectivity index (χ2v) is 9.81. The Labute approximate surface area is 245 Å². The molecule has 0 saturated carbocycles. The van der Waals surface area contributed by atoms with E-state index >= 15 is 0 Å². The van der Waals surface area contributed by atoms with E-state index in [0.717, 1.165) is 23.4 Å². The number of hydrogen-bond acceptors (Lipinski definition) is 6. The van der Waals surface area contributed by atoms with Crippen molar-refractivity contribution in [2.75, 3.05) is 18.4 Å². The van der Waals surface area contributed by atoms with Crippen LogP contribution in [0, 0.1) is 0 Å². The quantitative estimate of drug-likeness (QED) is 0.0807. The maximum Gasteiger partial charge on any atom is 0.305 e. The summed E-state index contributed by atoms with van der Waals surface area (Å²) < 4.78 is 0. The summed E-state index contributed by atoms with van der Waals surface area (Å²) >= 11 is 0. The van der Waals surface area contributed by atoms with E-state index in [1.165, 1.54) is 0 Å². The molecule has 2 aromatic carbocycles. The first-order chi connectivity index (χ1) is 20.3. The fourth-order valence-electron chi connectivity index (χ4n) is 4.37. The van der Waals surface area contributed by atoms with E-state index in [0.29, 0.717) is 31.5 Å². The third-order valence-corrected chi connectivity index (χ3v) is 6.51. The lowest BCUT2D eigenvalue weighted by Crippen LogP contribution is -2.48. The number of aliphatic imine (C=N–C) groups is 1. The van der Waals surface area contributed by atoms with Gasteiger partial charge in [0, 0.05) is 25.7 Å². The molecule has 2 atom stereocenters. The molecule has 0 saturated heterocycles. The van der Waals surface area contributed by atoms with Crippen molar-refractivity contribution in [3.63, 3.8) is 0 Å². The minimum absolute atomic E-state index is 0.0557. The average Bonchev–Trinajstić information content (AvgIpc) is 2.99. The highest BCUT2D eigenvalue weighted by Gasteiger charge is 2.25. The van der Waals surface area contributed by atoms with Gasteiger partial charge in [0.15, 0.2) is 5.96 Å². The van der Waals surface area contributed by atoms with Crippen molar-refractivity contribution in [3.05, 3.63) is 84.6 Å². The Kier molecular flexibility index (Phi) is 12.8. The minimum atomic E-state index is -1.06. The molecule has 0 aliphatic carbocycles. The van der Waals surface area contributed by atoms with Crippen LogP contribution in [0.3, 0.4) is 0 Å². The molecule has 11 nitrogen and oxygen atoms in total. The van der Waals surface area contributed by atoms with E-state index in [1.54, 1.807) is 6.20 Å². The van der Waals surface area contributed by atoms with Gasteiger partial charge in [0.05, 0.1) is 12.5 Å². The molecule has 1 heterocycles. The monoisotopic (exact) mass is 573 g/mol. The third kappa shape index (κ3) is 11.3. The van der Waals surface area contributed by atoms with Gasteiger partial charge in [-0.2, -0.15) is 0 Å². The number of aromatic nitrogens is 1. The van der Waals surface area contributed by atoms with E-state index in [9.17, 15) is 19.5 Å². The van der Waals surface area contributed by atoms with Crippen LogP contribution in [0.1, 0.15) is 50.1 Å². The molecular formula is C31H39N7O4. The highest BCUT2D eigenvalue weighted by Crippen LogP contribution is 2.24. The first kappa shape index (κ1) is 31.6. The van der Waals surface area contributed by atoms with Gasteiger partial charge in [-0.15, -0.1) is 0 Å². The minimum Gasteiger partial charge on any atom is -0.481 e. The van der Waals surface area contributed by atoms with Crippen molar-refractivity contribution in [1.29, 1.82) is 0 Å². The Morgan fingerprint density at radius 3 is 2.24 bits per heavy atom. The molecule has 0 aliphatic rings. The SMILES string of the molecule is NC(N)=NCCC[C@@H](NC(=O)CCCCNc1ccccn1)C(=O)NC(CC(=O)O)c1ccc(-c2ccccc2)cc1. The molecule has 222 valence electrons. The summed E-state index contributed by atoms with van der Waals surface area (Å²) in [7, 11) is 0. The molecule has 11 heteroatoms. The van der Waals surface area contributed by atoms with Crippen LogP contribution in [0.4, 0.5) is 5.82 Å². The molecule has 1 unspecified atom stereocenters. The number of carbonyl (C=O) groups excluding carboxylic acids is 2. The number of benzene rings is 2. The van der Waals surface area contributed by atoms with E-state index in [2.05, 4.69) is 25.9 Å². The number of rotatable bonds is 17. The van der Waals surface area contributed by atoms with Crippen LogP contribution in [0.25, 0.3) is 11.1 Å². The van der Waals surface area contributed by atoms with Crippen LogP contribution in [0.15, 0.2) is 84.0 Å². The lowest BCUT2D eigenvalue weighted by atomic mass is 9.98. The maximum absolute atomic E-state index is 13.4. The molecular weight excluding hydrogens is 534 g/mol. The van der Waals surface area contributed by atoms with Crippen molar-refractivity contribution in [1.82, 2.24) is 15.6 Å². The zero-order chi connectivity index (χ0) is 30.2. The van der Waals surface area contributed by atoms with Crippen LogP contribution >= 0.6 is 0 Å². The van der Waals surface area contributed by atoms with Crippen LogP contribution in [-0.4, -0.2) is 53.0 Å². The molecule has 0 fully saturated rings. The number of guanidine groups is 1. The molecule has 1 aromatic heterocycles. The fraction of sp³-hybridized carbons (Fsp3) is 0.323. The number of nitrogens with two attached hydrogens (primary N) is 2. The van der Waals surface area contributed by atoms with Gasteiger partial charge in [0.1, 0.15) is 11.9 Å². The lowest BCUT2D eigenvalue weighted by Gasteiger charge is -2.23. The van der Waals surface area contributed by atoms with Gasteiger partial charge in [-0.25, -0.2) is 4.98 Å². The number of aliphatic carboxylic acids is 1. The second-order valence-electron chi connectivity index (χ2n) is 9.81. The van der Waals surface area contributed by atoms with Gasteiger partial charge in [-0.3, -0.25) is 19.4 Å². The molecule has 0 aliphatic heterocycles. The fourth-order valence-corrected chi connectivity index (χ4v) is 4.37. The largest absolute Gasteiger partial charge is 0.481 e. The van der Waals surface area contributed by atoms with E-state index in [4.69, 9.17) is 11.5 Å². The number of carboxylic acid groups (broad SMARTS) is 1. The number of carbonyl (C=O) groups is 3. The predicted octanol–water partition coefficient (Wildman–Crippen LogP) is 3.20. The number of anilines is 1. The summed E-state index contributed by atoms with van der Waals surface area (Å²) in [5, 5.41) is 18.4. The number of unbranched alkanes of at least 4 members (excludes halogenated alkanes) is 1. The molecule has 0 radical (unpaired) electrons. The number of hydrogen-bond donors (Lipinski definition) is 6. The molecule has 8 N–H and O–H groups in total. The normalized spacial score (nSPS) is 12.0. The van der Waals surface area contributed by atoms with Gasteiger partial charge in [0.2, 0.25) is 11.8 Å². The zero-order valence-corrected chi connectivity index (χ0v) is 23.5. The van der Waals surface area contributed by atoms with Crippen molar-refractivity contribution in [3.8, 4) is 11.1 Å². The van der Waals surface area contributed by atoms with Crippen molar-refractivity contribution >= 4 is 29.6 Å². The van der Waals surface area contributed by atoms with E-state index in [1.807, 2.05) is 72.8 Å². The van der Waals surface area contributed by atoms with Crippen molar-refractivity contribution in [2.24, 2.45) is 16.5 Å². The van der Waals surface area contributed by atoms with Crippen LogP contribution in [-0.2, 0) is 14.4 Å². The summed E-state index contributed by atoms with van der Waals surface area (Å²) in [6.45, 7) is 0.952. The first-order valence-corrected chi connectivity index (χ1v) is 14.0. The molecule has 0 spiro atoms. The summed E-state index contributed by atoms with van der Waals surface area (Å²) in [4.78, 5) is 45.9. The summed E-state index contributed by atoms with van der Waals surface area (Å²) in [5.41, 5.74) is 13.5. The van der Waals surface area contributed by atoms with Crippen molar-refractivity contribution in [2.45, 2.75) is 50.6 Å². The molecule has 3 rings (SSSR count). The van der Waals surface area contributed by atoms with Gasteiger partial charge in [0.25, 0.3) is 0 Å². The van der Waals surface area contributed by atoms with Gasteiger partial charge in [-0.1, -0.05) is 60.7 Å². The van der Waals surface area contributed by atoms with Crippen LogP contribution in [0.2, 0.25) is 0 Å². The average molecular weight is 574 g/mol. The van der Waals surface area contributed by atoms with Gasteiger partial charge < -0.3 is 32.5 Å². The van der Waals surface area contributed by atoms with Gasteiger partial charge >= 0.3 is 5.97 Å². The number of nitrogens with one attached hydrogen (secondary N) is 3. The number of nitrogens with zero attached hydrogens (tertiary/aromatic N) is 2. The van der Waals surface area contributed by atoms with E-state index in [-0.39, 0.29) is 31.1 Å². The second kappa shape index (κ2) is 17.0. The Bertz CT molecular complexity index is 1300. The Balaban J connectivity index is 1.61. The standard InChI is InChI=1S/C31H39N7O4/c32-31(33)36-20-8-11-25(37-28(39)13-5-7-19-35-27-12-4-6-18-34-27)30(42)38-26(21-29(40)41)24-16-14-23(15-17-24)22-9-2-1-3-10-22/h1-4,6,9-10,12,14-18,25-26H,5,7-8,11,13,19-21H2,(H,34,35)(H,37,39)(H,38,42)(H,40,41)(H4,32,33,36)/t25-,26?/m1/s1. The first-order valence-electron chi connectivity index (χ1n) is 14.0. The molecule has 3 aromatic rings. The molecule has 42 heavy (non-hydrogen) atoms. The van der Waals surface area contributed by atoms with E-state index < -0.39 is 24.0 Å². The Hall–Kier alpha value is -4.93. The molecule has 0 bridgehead atoms. The van der Waals surface area contributed by atoms with Crippen LogP contribution in [0.5, 0.6) is 0 Å². The van der Waals surface area contributed by atoms with Crippen LogP contribution < -0.4 is 27.4 Å². The smallest absolute Gasteiger partial charge is 0.305 e. The zero-order valence-electron chi connectivity index (χ0n) is 23.5. The van der Waals surface area contributed by atoms with Gasteiger partial charge in [-0.05, 0) is 54.5 Å². The predicted molar refractivity (Wildman–Crippen MR) is 163 cm³/mol. The highest BCUT2D eigenvalue weighted by molar-refractivity contribution is 5.88. The van der Waals surface area contributed by atoms with Crippen molar-refractivity contribution < 1.29 is 19.5 Å². The molecule has 2 amide bonds. The summed E-state index contributed by atoms with van der Waals surface area (Å²) in [5.74, 6) is -1.08. The number of amides is 2. The lowest BCUT2D eigenvalue weighted by molar-refractivity contribution is -0.138. The number of carboxylic acids is 1.